The number of hydrogen-bond acceptors (Lipinski definition) is 5. The molecule has 25 heavy (non-hydrogen) atoms. The van der Waals surface area contributed by atoms with Crippen LogP contribution in [0.2, 0.25) is 0 Å². The molecule has 0 radical (unpaired) electrons. The molecule has 0 aliphatic carbocycles. The molecule has 1 aromatic heterocycles. The van der Waals surface area contributed by atoms with Gasteiger partial charge in [-0.1, -0.05) is 6.07 Å². The van der Waals surface area contributed by atoms with Gasteiger partial charge in [0.05, 0.1) is 12.8 Å². The van der Waals surface area contributed by atoms with Gasteiger partial charge in [-0.2, -0.15) is 0 Å². The van der Waals surface area contributed by atoms with Gasteiger partial charge in [-0.3, -0.25) is 4.31 Å². The van der Waals surface area contributed by atoms with Gasteiger partial charge in [0.25, 0.3) is 10.0 Å². The average molecular weight is 361 g/mol. The summed E-state index contributed by atoms with van der Waals surface area (Å²) in [6, 6.07) is 7.12. The Labute approximate surface area is 149 Å². The number of aryl methyl sites for hydroxylation is 1. The van der Waals surface area contributed by atoms with Crippen LogP contribution in [-0.2, 0) is 16.4 Å². The molecule has 1 aliphatic rings. The summed E-state index contributed by atoms with van der Waals surface area (Å²) < 4.78 is 33.4. The Balaban J connectivity index is 2.10. The largest absolute Gasteiger partial charge is 0.495 e. The molecule has 0 unspecified atom stereocenters. The van der Waals surface area contributed by atoms with E-state index in [4.69, 9.17) is 4.74 Å². The number of sulfonamides is 1. The number of benzene rings is 1. The molecule has 1 aromatic carbocycles. The van der Waals surface area contributed by atoms with E-state index in [-0.39, 0.29) is 4.90 Å². The van der Waals surface area contributed by atoms with Crippen LogP contribution in [0.3, 0.4) is 0 Å². The molecule has 1 aliphatic heterocycles. The highest BCUT2D eigenvalue weighted by Gasteiger charge is 2.32. The van der Waals surface area contributed by atoms with Crippen LogP contribution in [0.1, 0.15) is 17.5 Å². The van der Waals surface area contributed by atoms with Crippen LogP contribution < -0.4 is 13.9 Å². The lowest BCUT2D eigenvalue weighted by molar-refractivity contribution is 0.414. The van der Waals surface area contributed by atoms with Gasteiger partial charge in [-0.05, 0) is 49.1 Å². The number of methoxy groups -OCH3 is 1. The zero-order valence-corrected chi connectivity index (χ0v) is 15.8. The van der Waals surface area contributed by atoms with E-state index >= 15 is 0 Å². The fourth-order valence-electron chi connectivity index (χ4n) is 3.14. The number of anilines is 2. The lowest BCUT2D eigenvalue weighted by Gasteiger charge is -2.32. The van der Waals surface area contributed by atoms with Crippen molar-refractivity contribution in [3.05, 3.63) is 41.6 Å². The third-order valence-corrected chi connectivity index (χ3v) is 6.29. The van der Waals surface area contributed by atoms with Gasteiger partial charge < -0.3 is 9.64 Å². The molecule has 3 rings (SSSR count). The first kappa shape index (κ1) is 17.5. The van der Waals surface area contributed by atoms with Crippen molar-refractivity contribution in [3.8, 4) is 5.75 Å². The molecular weight excluding hydrogens is 338 g/mol. The first-order chi connectivity index (χ1) is 11.9. The highest BCUT2D eigenvalue weighted by atomic mass is 32.2. The van der Waals surface area contributed by atoms with E-state index in [9.17, 15) is 8.42 Å². The SMILES string of the molecule is COc1ccc(C)c2c1N(S(=O)(=O)c1ccc(N(C)C)nc1)CCC2. The summed E-state index contributed by atoms with van der Waals surface area (Å²) in [6.45, 7) is 2.44. The lowest BCUT2D eigenvalue weighted by atomic mass is 9.98. The normalized spacial score (nSPS) is 14.2. The number of hydrogen-bond donors (Lipinski definition) is 0. The van der Waals surface area contributed by atoms with Gasteiger partial charge in [-0.15, -0.1) is 0 Å². The van der Waals surface area contributed by atoms with Crippen molar-refractivity contribution in [2.45, 2.75) is 24.7 Å². The van der Waals surface area contributed by atoms with Crippen LogP contribution in [0.25, 0.3) is 0 Å². The number of rotatable bonds is 4. The molecule has 0 spiro atoms. The van der Waals surface area contributed by atoms with Crippen molar-refractivity contribution >= 4 is 21.5 Å². The van der Waals surface area contributed by atoms with E-state index in [0.717, 1.165) is 24.0 Å². The van der Waals surface area contributed by atoms with Crippen LogP contribution >= 0.6 is 0 Å². The molecule has 0 fully saturated rings. The molecule has 0 atom stereocenters. The highest BCUT2D eigenvalue weighted by molar-refractivity contribution is 7.92. The minimum absolute atomic E-state index is 0.189. The van der Waals surface area contributed by atoms with E-state index in [1.165, 1.54) is 10.5 Å². The first-order valence-electron chi connectivity index (χ1n) is 8.19. The Morgan fingerprint density at radius 1 is 1.20 bits per heavy atom. The Morgan fingerprint density at radius 3 is 2.56 bits per heavy atom. The second-order valence-corrected chi connectivity index (χ2v) is 8.20. The minimum atomic E-state index is -3.69. The molecule has 0 saturated carbocycles. The maximum absolute atomic E-state index is 13.2. The van der Waals surface area contributed by atoms with Crippen molar-refractivity contribution in [2.24, 2.45) is 0 Å². The van der Waals surface area contributed by atoms with E-state index in [2.05, 4.69) is 4.98 Å². The minimum Gasteiger partial charge on any atom is -0.495 e. The van der Waals surface area contributed by atoms with E-state index in [1.807, 2.05) is 38.1 Å². The summed E-state index contributed by atoms with van der Waals surface area (Å²) in [7, 11) is 1.60. The van der Waals surface area contributed by atoms with Gasteiger partial charge in [-0.25, -0.2) is 13.4 Å². The molecule has 0 N–H and O–H groups in total. The molecule has 6 nitrogen and oxygen atoms in total. The van der Waals surface area contributed by atoms with Gasteiger partial charge in [0, 0.05) is 26.8 Å². The number of pyridine rings is 1. The molecule has 0 saturated heterocycles. The van der Waals surface area contributed by atoms with Gasteiger partial charge in [0.1, 0.15) is 16.5 Å². The van der Waals surface area contributed by atoms with Gasteiger partial charge >= 0.3 is 0 Å². The van der Waals surface area contributed by atoms with Gasteiger partial charge in [0.2, 0.25) is 0 Å². The van der Waals surface area contributed by atoms with Crippen molar-refractivity contribution in [1.82, 2.24) is 4.98 Å². The van der Waals surface area contributed by atoms with Crippen molar-refractivity contribution in [1.29, 1.82) is 0 Å². The maximum atomic E-state index is 13.2. The Bertz CT molecular complexity index is 877. The lowest BCUT2D eigenvalue weighted by Crippen LogP contribution is -2.36. The van der Waals surface area contributed by atoms with Crippen molar-refractivity contribution in [2.75, 3.05) is 37.0 Å². The topological polar surface area (TPSA) is 62.7 Å². The predicted molar refractivity (Wildman–Crippen MR) is 99.1 cm³/mol. The third-order valence-electron chi connectivity index (χ3n) is 4.50. The summed E-state index contributed by atoms with van der Waals surface area (Å²) in [5, 5.41) is 0. The number of ether oxygens (including phenoxy) is 1. The summed E-state index contributed by atoms with van der Waals surface area (Å²) >= 11 is 0. The van der Waals surface area contributed by atoms with Crippen LogP contribution in [0.4, 0.5) is 11.5 Å². The summed E-state index contributed by atoms with van der Waals surface area (Å²) in [5.41, 5.74) is 2.77. The van der Waals surface area contributed by atoms with Crippen LogP contribution in [0, 0.1) is 6.92 Å². The first-order valence-corrected chi connectivity index (χ1v) is 9.63. The van der Waals surface area contributed by atoms with Crippen LogP contribution in [0.5, 0.6) is 5.75 Å². The molecule has 7 heteroatoms. The van der Waals surface area contributed by atoms with Crippen molar-refractivity contribution in [3.63, 3.8) is 0 Å². The Kier molecular flexibility index (Phi) is 4.60. The standard InChI is InChI=1S/C18H23N3O3S/c1-13-7-9-16(24-4)18-15(13)6-5-11-21(18)25(22,23)14-8-10-17(19-12-14)20(2)3/h7-10,12H,5-6,11H2,1-4H3. The smallest absolute Gasteiger partial charge is 0.265 e. The second-order valence-electron chi connectivity index (χ2n) is 6.34. The van der Waals surface area contributed by atoms with Gasteiger partial charge in [0.15, 0.2) is 0 Å². The fourth-order valence-corrected chi connectivity index (χ4v) is 4.63. The number of fused-ring (bicyclic) bond motifs is 1. The van der Waals surface area contributed by atoms with E-state index in [1.54, 1.807) is 19.2 Å². The van der Waals surface area contributed by atoms with Crippen molar-refractivity contribution < 1.29 is 13.2 Å². The summed E-state index contributed by atoms with van der Waals surface area (Å²) in [4.78, 5) is 6.27. The molecule has 0 bridgehead atoms. The monoisotopic (exact) mass is 361 g/mol. The zero-order valence-electron chi connectivity index (χ0n) is 15.0. The van der Waals surface area contributed by atoms with Crippen LogP contribution in [-0.4, -0.2) is 41.2 Å². The molecule has 2 aromatic rings. The van der Waals surface area contributed by atoms with Crippen LogP contribution in [0.15, 0.2) is 35.4 Å². The molecule has 0 amide bonds. The Morgan fingerprint density at radius 2 is 1.96 bits per heavy atom. The number of nitrogens with zero attached hydrogens (tertiary/aromatic N) is 3. The molecular formula is C18H23N3O3S. The fraction of sp³-hybridized carbons (Fsp3) is 0.389. The zero-order chi connectivity index (χ0) is 18.2. The maximum Gasteiger partial charge on any atom is 0.265 e. The third kappa shape index (κ3) is 3.04. The van der Waals surface area contributed by atoms with E-state index in [0.29, 0.717) is 23.8 Å². The summed E-state index contributed by atoms with van der Waals surface area (Å²) in [6.07, 6.45) is 3.05. The average Bonchev–Trinajstić information content (AvgIpc) is 2.62. The van der Waals surface area contributed by atoms with E-state index < -0.39 is 10.0 Å². The summed E-state index contributed by atoms with van der Waals surface area (Å²) in [5.74, 6) is 1.30. The molecule has 134 valence electrons. The second kappa shape index (κ2) is 6.55. The molecule has 2 heterocycles. The predicted octanol–water partition coefficient (Wildman–Crippen LogP) is 2.61. The number of aromatic nitrogens is 1. The Hall–Kier alpha value is -2.28. The highest BCUT2D eigenvalue weighted by Crippen LogP contribution is 2.40. The quantitative estimate of drug-likeness (QED) is 0.838.